The molecule has 1 aromatic rings. The fourth-order valence-electron chi connectivity index (χ4n) is 2.41. The summed E-state index contributed by atoms with van der Waals surface area (Å²) < 4.78 is 1.23. The summed E-state index contributed by atoms with van der Waals surface area (Å²) in [7, 11) is 0. The molecule has 19 heavy (non-hydrogen) atoms. The number of anilines is 1. The molecule has 0 radical (unpaired) electrons. The largest absolute Gasteiger partial charge is 0.369 e. The van der Waals surface area contributed by atoms with Crippen molar-refractivity contribution in [2.24, 2.45) is 0 Å². The summed E-state index contributed by atoms with van der Waals surface area (Å²) in [5, 5.41) is 3.46. The molecule has 0 spiro atoms. The van der Waals surface area contributed by atoms with Gasteiger partial charge in [-0.25, -0.2) is 0 Å². The van der Waals surface area contributed by atoms with Crippen molar-refractivity contribution in [1.82, 2.24) is 5.32 Å². The topological polar surface area (TPSA) is 15.3 Å². The molecule has 0 amide bonds. The van der Waals surface area contributed by atoms with E-state index in [1.165, 1.54) is 48.0 Å². The molecule has 2 rings (SSSR count). The fraction of sp³-hybridized carbons (Fsp3) is 0.625. The zero-order chi connectivity index (χ0) is 13.7. The van der Waals surface area contributed by atoms with Crippen molar-refractivity contribution in [2.75, 3.05) is 18.0 Å². The van der Waals surface area contributed by atoms with Gasteiger partial charge in [0.05, 0.1) is 0 Å². The van der Waals surface area contributed by atoms with Crippen LogP contribution in [0, 0.1) is 0 Å². The summed E-state index contributed by atoms with van der Waals surface area (Å²) in [6, 6.07) is 7.61. The van der Waals surface area contributed by atoms with Crippen LogP contribution >= 0.6 is 15.9 Å². The molecule has 2 nitrogen and oxygen atoms in total. The van der Waals surface area contributed by atoms with Gasteiger partial charge in [0.1, 0.15) is 0 Å². The van der Waals surface area contributed by atoms with Crippen LogP contribution in [0.1, 0.15) is 45.1 Å². The molecule has 0 unspecified atom stereocenters. The van der Waals surface area contributed by atoms with Crippen molar-refractivity contribution in [3.05, 3.63) is 28.2 Å². The number of hydrogen-bond acceptors (Lipinski definition) is 2. The van der Waals surface area contributed by atoms with Crippen LogP contribution in [0.4, 0.5) is 5.69 Å². The lowest BCUT2D eigenvalue weighted by atomic mass is 10.2. The molecule has 106 valence electrons. The van der Waals surface area contributed by atoms with Crippen LogP contribution in [0.5, 0.6) is 0 Å². The minimum absolute atomic E-state index is 0.788. The van der Waals surface area contributed by atoms with Gasteiger partial charge in [-0.05, 0) is 49.9 Å². The average molecular weight is 325 g/mol. The van der Waals surface area contributed by atoms with Crippen molar-refractivity contribution in [3.8, 4) is 0 Å². The molecule has 0 bridgehead atoms. The first kappa shape index (κ1) is 14.9. The van der Waals surface area contributed by atoms with E-state index in [4.69, 9.17) is 0 Å². The Hall–Kier alpha value is -0.540. The van der Waals surface area contributed by atoms with Crippen molar-refractivity contribution < 1.29 is 0 Å². The Morgan fingerprint density at radius 2 is 2.05 bits per heavy atom. The van der Waals surface area contributed by atoms with Crippen LogP contribution in [0.2, 0.25) is 0 Å². The summed E-state index contributed by atoms with van der Waals surface area (Å²) in [4.78, 5) is 2.56. The van der Waals surface area contributed by atoms with Crippen LogP contribution in [0.3, 0.4) is 0 Å². The molecule has 1 saturated carbocycles. The number of hydrogen-bond donors (Lipinski definition) is 1. The van der Waals surface area contributed by atoms with Gasteiger partial charge in [-0.1, -0.05) is 35.8 Å². The van der Waals surface area contributed by atoms with E-state index in [2.05, 4.69) is 58.2 Å². The maximum atomic E-state index is 3.72. The van der Waals surface area contributed by atoms with E-state index in [9.17, 15) is 0 Å². The Morgan fingerprint density at radius 3 is 2.63 bits per heavy atom. The summed E-state index contributed by atoms with van der Waals surface area (Å²) in [6.45, 7) is 7.66. The maximum Gasteiger partial charge on any atom is 0.0380 e. The summed E-state index contributed by atoms with van der Waals surface area (Å²) in [6.07, 6.45) is 5.12. The molecule has 1 aliphatic rings. The Kier molecular flexibility index (Phi) is 5.71. The standard InChI is InChI=1S/C16H25BrN2/c1-3-9-18-12-13-5-6-15(11-16(13)17)19(10-4-2)14-7-8-14/h5-6,11,14,18H,3-4,7-10,12H2,1-2H3. The molecule has 1 N–H and O–H groups in total. The number of nitrogens with one attached hydrogen (secondary N) is 1. The molecular formula is C16H25BrN2. The molecule has 3 heteroatoms. The average Bonchev–Trinajstić information content (AvgIpc) is 3.22. The SMILES string of the molecule is CCCNCc1ccc(N(CCC)C2CC2)cc1Br. The highest BCUT2D eigenvalue weighted by atomic mass is 79.9. The number of rotatable bonds is 8. The van der Waals surface area contributed by atoms with E-state index in [0.717, 1.165) is 19.1 Å². The maximum absolute atomic E-state index is 3.72. The van der Waals surface area contributed by atoms with Gasteiger partial charge < -0.3 is 10.2 Å². The van der Waals surface area contributed by atoms with Gasteiger partial charge in [-0.2, -0.15) is 0 Å². The smallest absolute Gasteiger partial charge is 0.0380 e. The van der Waals surface area contributed by atoms with Crippen LogP contribution < -0.4 is 10.2 Å². The predicted octanol–water partition coefficient (Wildman–Crippen LogP) is 4.33. The minimum Gasteiger partial charge on any atom is -0.369 e. The molecule has 0 saturated heterocycles. The van der Waals surface area contributed by atoms with Gasteiger partial charge in [0.2, 0.25) is 0 Å². The van der Waals surface area contributed by atoms with Crippen molar-refractivity contribution in [1.29, 1.82) is 0 Å². The van der Waals surface area contributed by atoms with Crippen molar-refractivity contribution in [3.63, 3.8) is 0 Å². The van der Waals surface area contributed by atoms with E-state index >= 15 is 0 Å². The van der Waals surface area contributed by atoms with Crippen molar-refractivity contribution in [2.45, 2.75) is 52.1 Å². The predicted molar refractivity (Wildman–Crippen MR) is 86.8 cm³/mol. The molecule has 0 aliphatic heterocycles. The minimum atomic E-state index is 0.788. The number of benzene rings is 1. The normalized spacial score (nSPS) is 14.7. The van der Waals surface area contributed by atoms with E-state index < -0.39 is 0 Å². The number of nitrogens with zero attached hydrogens (tertiary/aromatic N) is 1. The first-order valence-corrected chi connectivity index (χ1v) is 8.31. The summed E-state index contributed by atoms with van der Waals surface area (Å²) in [5.74, 6) is 0. The van der Waals surface area contributed by atoms with Crippen LogP contribution in [-0.4, -0.2) is 19.1 Å². The third kappa shape index (κ3) is 4.22. The van der Waals surface area contributed by atoms with Gasteiger partial charge >= 0.3 is 0 Å². The van der Waals surface area contributed by atoms with Gasteiger partial charge in [-0.15, -0.1) is 0 Å². The summed E-state index contributed by atoms with van der Waals surface area (Å²) >= 11 is 3.72. The molecular weight excluding hydrogens is 300 g/mol. The Balaban J connectivity index is 2.04. The Morgan fingerprint density at radius 1 is 1.26 bits per heavy atom. The lowest BCUT2D eigenvalue weighted by Crippen LogP contribution is -2.26. The molecule has 1 fully saturated rings. The molecule has 1 aliphatic carbocycles. The lowest BCUT2D eigenvalue weighted by molar-refractivity contribution is 0.673. The first-order chi connectivity index (χ1) is 9.26. The van der Waals surface area contributed by atoms with E-state index in [-0.39, 0.29) is 0 Å². The highest BCUT2D eigenvalue weighted by Gasteiger charge is 2.28. The second-order valence-electron chi connectivity index (χ2n) is 5.38. The molecule has 1 aromatic carbocycles. The molecule has 0 aromatic heterocycles. The first-order valence-electron chi connectivity index (χ1n) is 7.52. The highest BCUT2D eigenvalue weighted by Crippen LogP contribution is 2.33. The molecule has 0 heterocycles. The van der Waals surface area contributed by atoms with Crippen molar-refractivity contribution >= 4 is 21.6 Å². The quantitative estimate of drug-likeness (QED) is 0.716. The fourth-order valence-corrected chi connectivity index (χ4v) is 2.91. The third-order valence-corrected chi connectivity index (χ3v) is 4.30. The monoisotopic (exact) mass is 324 g/mol. The van der Waals surface area contributed by atoms with Gasteiger partial charge in [-0.3, -0.25) is 0 Å². The zero-order valence-electron chi connectivity index (χ0n) is 12.1. The van der Waals surface area contributed by atoms with E-state index in [0.29, 0.717) is 0 Å². The van der Waals surface area contributed by atoms with Gasteiger partial charge in [0.25, 0.3) is 0 Å². The number of halogens is 1. The Labute approximate surface area is 125 Å². The second-order valence-corrected chi connectivity index (χ2v) is 6.23. The van der Waals surface area contributed by atoms with E-state index in [1.807, 2.05) is 0 Å². The Bertz CT molecular complexity index is 402. The van der Waals surface area contributed by atoms with Crippen LogP contribution in [0.15, 0.2) is 22.7 Å². The third-order valence-electron chi connectivity index (χ3n) is 3.56. The van der Waals surface area contributed by atoms with E-state index in [1.54, 1.807) is 0 Å². The van der Waals surface area contributed by atoms with Crippen LogP contribution in [-0.2, 0) is 6.54 Å². The second kappa shape index (κ2) is 7.30. The zero-order valence-corrected chi connectivity index (χ0v) is 13.7. The lowest BCUT2D eigenvalue weighted by Gasteiger charge is -2.25. The van der Waals surface area contributed by atoms with Crippen LogP contribution in [0.25, 0.3) is 0 Å². The van der Waals surface area contributed by atoms with Gasteiger partial charge in [0.15, 0.2) is 0 Å². The highest BCUT2D eigenvalue weighted by molar-refractivity contribution is 9.10. The summed E-state index contributed by atoms with van der Waals surface area (Å²) in [5.41, 5.74) is 2.72. The molecule has 0 atom stereocenters. The van der Waals surface area contributed by atoms with Gasteiger partial charge in [0, 0.05) is 29.3 Å².